The summed E-state index contributed by atoms with van der Waals surface area (Å²) in [5.74, 6) is -0.344. The van der Waals surface area contributed by atoms with E-state index in [0.717, 1.165) is 10.2 Å². The Balaban J connectivity index is 3.01. The lowest BCUT2D eigenvalue weighted by Gasteiger charge is -2.11. The third kappa shape index (κ3) is 2.69. The van der Waals surface area contributed by atoms with E-state index in [1.807, 2.05) is 0 Å². The summed E-state index contributed by atoms with van der Waals surface area (Å²) in [4.78, 5) is 26.4. The van der Waals surface area contributed by atoms with Gasteiger partial charge in [0.15, 0.2) is 0 Å². The average molecular weight is 289 g/mol. The Morgan fingerprint density at radius 2 is 2.12 bits per heavy atom. The van der Waals surface area contributed by atoms with Crippen LogP contribution in [0.2, 0.25) is 0 Å². The summed E-state index contributed by atoms with van der Waals surface area (Å²) in [6, 6.07) is 0. The second kappa shape index (κ2) is 5.25. The molecular formula is C10H13BrN2O3. The number of halogens is 1. The Morgan fingerprint density at radius 3 is 2.69 bits per heavy atom. The number of carbonyl (C=O) groups excluding carboxylic acids is 1. The molecule has 0 atom stereocenters. The molecule has 0 aromatic carbocycles. The zero-order valence-corrected chi connectivity index (χ0v) is 11.0. The number of aromatic nitrogens is 2. The molecule has 1 aromatic rings. The molecule has 0 fully saturated rings. The highest BCUT2D eigenvalue weighted by Crippen LogP contribution is 2.16. The molecular weight excluding hydrogens is 276 g/mol. The molecule has 0 aliphatic heterocycles. The van der Waals surface area contributed by atoms with Crippen molar-refractivity contribution in [2.75, 3.05) is 7.11 Å². The topological polar surface area (TPSA) is 61.2 Å². The van der Waals surface area contributed by atoms with Crippen LogP contribution in [-0.2, 0) is 16.1 Å². The Hall–Kier alpha value is -1.17. The molecule has 0 unspecified atom stereocenters. The van der Waals surface area contributed by atoms with Gasteiger partial charge in [-0.05, 0) is 29.8 Å². The van der Waals surface area contributed by atoms with Crippen LogP contribution in [-0.4, -0.2) is 22.6 Å². The second-order valence-corrected chi connectivity index (χ2v) is 4.15. The van der Waals surface area contributed by atoms with Crippen molar-refractivity contribution in [3.63, 3.8) is 0 Å². The third-order valence-corrected chi connectivity index (χ3v) is 3.45. The van der Waals surface area contributed by atoms with Gasteiger partial charge in [-0.15, -0.1) is 0 Å². The van der Waals surface area contributed by atoms with E-state index in [9.17, 15) is 9.59 Å². The van der Waals surface area contributed by atoms with Crippen LogP contribution in [0.4, 0.5) is 0 Å². The summed E-state index contributed by atoms with van der Waals surface area (Å²) in [7, 11) is 1.32. The molecule has 0 spiro atoms. The molecule has 1 heterocycles. The number of aryl methyl sites for hydroxylation is 1. The van der Waals surface area contributed by atoms with Crippen LogP contribution in [0, 0.1) is 13.8 Å². The average Bonchev–Trinajstić information content (AvgIpc) is 2.25. The minimum atomic E-state index is -0.345. The standard InChI is InChI=1S/C10H13BrN2O3/c1-6-9(11)7(2)13(10(15)12-6)5-4-8(14)16-3/h4-5H2,1-3H3. The minimum Gasteiger partial charge on any atom is -0.469 e. The van der Waals surface area contributed by atoms with Crippen LogP contribution < -0.4 is 5.69 Å². The molecule has 0 amide bonds. The maximum Gasteiger partial charge on any atom is 0.348 e. The maximum absolute atomic E-state index is 11.6. The Morgan fingerprint density at radius 1 is 1.50 bits per heavy atom. The van der Waals surface area contributed by atoms with Gasteiger partial charge in [-0.25, -0.2) is 4.79 Å². The van der Waals surface area contributed by atoms with E-state index < -0.39 is 0 Å². The highest BCUT2D eigenvalue weighted by Gasteiger charge is 2.10. The van der Waals surface area contributed by atoms with Gasteiger partial charge in [0.25, 0.3) is 0 Å². The molecule has 0 radical (unpaired) electrons. The number of esters is 1. The number of carbonyl (C=O) groups is 1. The molecule has 0 saturated carbocycles. The quantitative estimate of drug-likeness (QED) is 0.784. The summed E-state index contributed by atoms with van der Waals surface area (Å²) in [6.45, 7) is 3.84. The van der Waals surface area contributed by atoms with Gasteiger partial charge in [0.05, 0.1) is 23.7 Å². The monoisotopic (exact) mass is 288 g/mol. The molecule has 0 bridgehead atoms. The molecule has 0 saturated heterocycles. The Bertz CT molecular complexity index is 468. The number of hydrogen-bond donors (Lipinski definition) is 0. The SMILES string of the molecule is COC(=O)CCn1c(C)c(Br)c(C)nc1=O. The van der Waals surface area contributed by atoms with E-state index in [4.69, 9.17) is 0 Å². The third-order valence-electron chi connectivity index (χ3n) is 2.30. The van der Waals surface area contributed by atoms with Crippen LogP contribution in [0.15, 0.2) is 9.27 Å². The molecule has 1 rings (SSSR count). The fraction of sp³-hybridized carbons (Fsp3) is 0.500. The second-order valence-electron chi connectivity index (χ2n) is 3.36. The summed E-state index contributed by atoms with van der Waals surface area (Å²) >= 11 is 3.35. The lowest BCUT2D eigenvalue weighted by molar-refractivity contribution is -0.140. The van der Waals surface area contributed by atoms with E-state index in [2.05, 4.69) is 25.7 Å². The van der Waals surface area contributed by atoms with Crippen molar-refractivity contribution in [2.45, 2.75) is 26.8 Å². The van der Waals surface area contributed by atoms with E-state index in [1.165, 1.54) is 11.7 Å². The van der Waals surface area contributed by atoms with Crippen LogP contribution in [0.3, 0.4) is 0 Å². The first-order valence-electron chi connectivity index (χ1n) is 4.77. The highest BCUT2D eigenvalue weighted by atomic mass is 79.9. The fourth-order valence-electron chi connectivity index (χ4n) is 1.35. The van der Waals surface area contributed by atoms with Gasteiger partial charge in [-0.3, -0.25) is 9.36 Å². The smallest absolute Gasteiger partial charge is 0.348 e. The molecule has 1 aromatic heterocycles. The van der Waals surface area contributed by atoms with Crippen molar-refractivity contribution in [1.29, 1.82) is 0 Å². The lowest BCUT2D eigenvalue weighted by Crippen LogP contribution is -2.27. The molecule has 0 aliphatic rings. The van der Waals surface area contributed by atoms with Crippen molar-refractivity contribution in [1.82, 2.24) is 9.55 Å². The van der Waals surface area contributed by atoms with Crippen molar-refractivity contribution < 1.29 is 9.53 Å². The van der Waals surface area contributed by atoms with Gasteiger partial charge in [0.1, 0.15) is 0 Å². The molecule has 0 aliphatic carbocycles. The normalized spacial score (nSPS) is 10.2. The zero-order valence-electron chi connectivity index (χ0n) is 9.41. The first-order chi connectivity index (χ1) is 7.47. The number of methoxy groups -OCH3 is 1. The van der Waals surface area contributed by atoms with Crippen molar-refractivity contribution >= 4 is 21.9 Å². The summed E-state index contributed by atoms with van der Waals surface area (Å²) in [6.07, 6.45) is 0.161. The molecule has 88 valence electrons. The predicted molar refractivity (Wildman–Crippen MR) is 62.3 cm³/mol. The maximum atomic E-state index is 11.6. The van der Waals surface area contributed by atoms with E-state index in [0.29, 0.717) is 5.69 Å². The van der Waals surface area contributed by atoms with Gasteiger partial charge in [0.2, 0.25) is 0 Å². The van der Waals surface area contributed by atoms with Gasteiger partial charge in [-0.1, -0.05) is 0 Å². The van der Waals surface area contributed by atoms with Crippen molar-refractivity contribution in [3.05, 3.63) is 26.3 Å². The molecule has 16 heavy (non-hydrogen) atoms. The van der Waals surface area contributed by atoms with Gasteiger partial charge < -0.3 is 4.74 Å². The Kier molecular flexibility index (Phi) is 4.23. The van der Waals surface area contributed by atoms with Crippen molar-refractivity contribution in [3.8, 4) is 0 Å². The fourth-order valence-corrected chi connectivity index (χ4v) is 1.65. The molecule has 6 heteroatoms. The van der Waals surface area contributed by atoms with Gasteiger partial charge >= 0.3 is 11.7 Å². The Labute approximate surface area is 102 Å². The summed E-state index contributed by atoms with van der Waals surface area (Å²) < 4.78 is 6.76. The van der Waals surface area contributed by atoms with E-state index in [-0.39, 0.29) is 24.6 Å². The molecule has 5 nitrogen and oxygen atoms in total. The highest BCUT2D eigenvalue weighted by molar-refractivity contribution is 9.10. The zero-order chi connectivity index (χ0) is 12.3. The minimum absolute atomic E-state index is 0.161. The predicted octanol–water partition coefficient (Wildman–Crippen LogP) is 1.19. The van der Waals surface area contributed by atoms with Crippen LogP contribution in [0.25, 0.3) is 0 Å². The number of hydrogen-bond acceptors (Lipinski definition) is 4. The van der Waals surface area contributed by atoms with Crippen LogP contribution in [0.5, 0.6) is 0 Å². The van der Waals surface area contributed by atoms with E-state index >= 15 is 0 Å². The summed E-state index contributed by atoms with van der Waals surface area (Å²) in [5, 5.41) is 0. The van der Waals surface area contributed by atoms with Gasteiger partial charge in [-0.2, -0.15) is 4.98 Å². The first-order valence-corrected chi connectivity index (χ1v) is 5.57. The summed E-state index contributed by atoms with van der Waals surface area (Å²) in [5.41, 5.74) is 1.07. The van der Waals surface area contributed by atoms with Crippen molar-refractivity contribution in [2.24, 2.45) is 0 Å². The number of nitrogens with zero attached hydrogens (tertiary/aromatic N) is 2. The van der Waals surface area contributed by atoms with Crippen LogP contribution >= 0.6 is 15.9 Å². The largest absolute Gasteiger partial charge is 0.469 e. The first kappa shape index (κ1) is 12.9. The molecule has 0 N–H and O–H groups in total. The number of rotatable bonds is 3. The van der Waals surface area contributed by atoms with Gasteiger partial charge in [0, 0.05) is 12.2 Å². The van der Waals surface area contributed by atoms with Crippen LogP contribution in [0.1, 0.15) is 17.8 Å². The number of ether oxygens (including phenoxy) is 1. The van der Waals surface area contributed by atoms with E-state index in [1.54, 1.807) is 13.8 Å². The lowest BCUT2D eigenvalue weighted by atomic mass is 10.3.